The van der Waals surface area contributed by atoms with Crippen LogP contribution in [0.15, 0.2) is 43.0 Å². The van der Waals surface area contributed by atoms with E-state index in [9.17, 15) is 9.59 Å². The molecule has 1 aromatic carbocycles. The van der Waals surface area contributed by atoms with Gasteiger partial charge < -0.3 is 15.5 Å². The minimum atomic E-state index is -0.597. The first-order valence-corrected chi connectivity index (χ1v) is 9.03. The van der Waals surface area contributed by atoms with Crippen molar-refractivity contribution in [2.75, 3.05) is 26.2 Å². The molecule has 0 aliphatic carbocycles. The Morgan fingerprint density at radius 1 is 1.24 bits per heavy atom. The number of hydrogen-bond donors (Lipinski definition) is 1. The molecule has 2 heterocycles. The number of nitrogens with two attached hydrogens (primary N) is 1. The highest BCUT2D eigenvalue weighted by molar-refractivity contribution is 5.83. The van der Waals surface area contributed by atoms with Crippen molar-refractivity contribution >= 4 is 11.8 Å². The Morgan fingerprint density at radius 2 is 1.92 bits per heavy atom. The van der Waals surface area contributed by atoms with Gasteiger partial charge in [0.1, 0.15) is 6.04 Å². The van der Waals surface area contributed by atoms with Crippen LogP contribution in [0.1, 0.15) is 37.3 Å². The maximum Gasteiger partial charge on any atom is 0.244 e. The molecule has 0 radical (unpaired) electrons. The van der Waals surface area contributed by atoms with Gasteiger partial charge in [-0.15, -0.1) is 6.58 Å². The van der Waals surface area contributed by atoms with Crippen LogP contribution in [0.25, 0.3) is 0 Å². The molecule has 1 aromatic rings. The number of carbonyl (C=O) groups excluding carboxylic acids is 2. The summed E-state index contributed by atoms with van der Waals surface area (Å²) in [5.41, 5.74) is 7.16. The van der Waals surface area contributed by atoms with Gasteiger partial charge in [-0.05, 0) is 30.2 Å². The summed E-state index contributed by atoms with van der Waals surface area (Å²) in [6.07, 6.45) is 5.17. The predicted molar refractivity (Wildman–Crippen MR) is 97.6 cm³/mol. The SMILES string of the molecule is C=CCN1CC2(CCC1=O)CCN(C(=O)[C@H](N)c1ccccc1)CC2. The van der Waals surface area contributed by atoms with Crippen LogP contribution < -0.4 is 5.73 Å². The van der Waals surface area contributed by atoms with Gasteiger partial charge in [-0.25, -0.2) is 0 Å². The van der Waals surface area contributed by atoms with Crippen LogP contribution >= 0.6 is 0 Å². The van der Waals surface area contributed by atoms with Crippen LogP contribution in [0, 0.1) is 5.41 Å². The largest absolute Gasteiger partial charge is 0.341 e. The maximum atomic E-state index is 12.7. The van der Waals surface area contributed by atoms with Crippen LogP contribution in [-0.4, -0.2) is 47.8 Å². The molecule has 2 amide bonds. The summed E-state index contributed by atoms with van der Waals surface area (Å²) in [7, 11) is 0. The molecule has 1 atom stereocenters. The maximum absolute atomic E-state index is 12.7. The Morgan fingerprint density at radius 3 is 2.56 bits per heavy atom. The zero-order chi connectivity index (χ0) is 17.9. The van der Waals surface area contributed by atoms with Crippen LogP contribution in [0.5, 0.6) is 0 Å². The second-order valence-corrected chi connectivity index (χ2v) is 7.28. The monoisotopic (exact) mass is 341 g/mol. The molecular weight excluding hydrogens is 314 g/mol. The summed E-state index contributed by atoms with van der Waals surface area (Å²) < 4.78 is 0. The molecule has 25 heavy (non-hydrogen) atoms. The Hall–Kier alpha value is -2.14. The standard InChI is InChI=1S/C20H27N3O2/c1-2-12-23-15-20(9-8-17(23)24)10-13-22(14-11-20)19(25)18(21)16-6-4-3-5-7-16/h2-7,18H,1,8-15,21H2/t18-/m1/s1. The van der Waals surface area contributed by atoms with E-state index in [2.05, 4.69) is 6.58 Å². The molecule has 5 heteroatoms. The van der Waals surface area contributed by atoms with Crippen molar-refractivity contribution < 1.29 is 9.59 Å². The minimum absolute atomic E-state index is 0.00381. The third kappa shape index (κ3) is 3.76. The van der Waals surface area contributed by atoms with E-state index in [1.54, 1.807) is 6.08 Å². The Labute approximate surface area is 149 Å². The molecule has 2 N–H and O–H groups in total. The summed E-state index contributed by atoms with van der Waals surface area (Å²) in [4.78, 5) is 28.5. The molecular formula is C20H27N3O2. The fourth-order valence-electron chi connectivity index (χ4n) is 4.03. The van der Waals surface area contributed by atoms with Gasteiger partial charge in [0.05, 0.1) is 0 Å². The number of benzene rings is 1. The van der Waals surface area contributed by atoms with Crippen molar-refractivity contribution in [3.63, 3.8) is 0 Å². The fraction of sp³-hybridized carbons (Fsp3) is 0.500. The number of hydrogen-bond acceptors (Lipinski definition) is 3. The van der Waals surface area contributed by atoms with Crippen LogP contribution in [-0.2, 0) is 9.59 Å². The lowest BCUT2D eigenvalue weighted by Crippen LogP contribution is -2.53. The predicted octanol–water partition coefficient (Wildman–Crippen LogP) is 2.10. The third-order valence-corrected chi connectivity index (χ3v) is 5.66. The lowest BCUT2D eigenvalue weighted by Gasteiger charge is -2.47. The van der Waals surface area contributed by atoms with E-state index < -0.39 is 6.04 Å². The fourth-order valence-corrected chi connectivity index (χ4v) is 4.03. The summed E-state index contributed by atoms with van der Waals surface area (Å²) >= 11 is 0. The molecule has 1 spiro atoms. The second kappa shape index (κ2) is 7.40. The average Bonchev–Trinajstić information content (AvgIpc) is 2.65. The Kier molecular flexibility index (Phi) is 5.23. The zero-order valence-corrected chi connectivity index (χ0v) is 14.7. The Balaban J connectivity index is 1.60. The highest BCUT2D eigenvalue weighted by Crippen LogP contribution is 2.40. The van der Waals surface area contributed by atoms with E-state index >= 15 is 0 Å². The first kappa shape index (κ1) is 17.7. The van der Waals surface area contributed by atoms with Crippen molar-refractivity contribution in [1.29, 1.82) is 0 Å². The molecule has 0 unspecified atom stereocenters. The van der Waals surface area contributed by atoms with Gasteiger partial charge >= 0.3 is 0 Å². The molecule has 0 bridgehead atoms. The minimum Gasteiger partial charge on any atom is -0.341 e. The van der Waals surface area contributed by atoms with Crippen molar-refractivity contribution in [1.82, 2.24) is 9.80 Å². The molecule has 2 aliphatic rings. The third-order valence-electron chi connectivity index (χ3n) is 5.66. The normalized spacial score (nSPS) is 21.2. The summed E-state index contributed by atoms with van der Waals surface area (Å²) in [6, 6.07) is 8.93. The number of nitrogens with zero attached hydrogens (tertiary/aromatic N) is 2. The van der Waals surface area contributed by atoms with E-state index in [0.29, 0.717) is 13.0 Å². The molecule has 5 nitrogen and oxygen atoms in total. The van der Waals surface area contributed by atoms with Crippen LogP contribution in [0.4, 0.5) is 0 Å². The lowest BCUT2D eigenvalue weighted by atomic mass is 9.72. The quantitative estimate of drug-likeness (QED) is 0.853. The van der Waals surface area contributed by atoms with E-state index in [-0.39, 0.29) is 17.2 Å². The molecule has 0 saturated carbocycles. The van der Waals surface area contributed by atoms with Crippen molar-refractivity contribution in [2.24, 2.45) is 11.1 Å². The number of rotatable bonds is 4. The second-order valence-electron chi connectivity index (χ2n) is 7.28. The average molecular weight is 341 g/mol. The van der Waals surface area contributed by atoms with Crippen molar-refractivity contribution in [3.05, 3.63) is 48.6 Å². The molecule has 2 fully saturated rings. The lowest BCUT2D eigenvalue weighted by molar-refractivity contribution is -0.142. The summed E-state index contributed by atoms with van der Waals surface area (Å²) in [5.74, 6) is 0.214. The number of piperidine rings is 2. The van der Waals surface area contributed by atoms with Gasteiger partial charge in [-0.3, -0.25) is 9.59 Å². The van der Waals surface area contributed by atoms with Gasteiger partial charge in [0.15, 0.2) is 0 Å². The van der Waals surface area contributed by atoms with E-state index in [4.69, 9.17) is 5.73 Å². The van der Waals surface area contributed by atoms with Gasteiger partial charge in [-0.2, -0.15) is 0 Å². The Bertz CT molecular complexity index is 636. The first-order chi connectivity index (χ1) is 12.0. The molecule has 2 aliphatic heterocycles. The van der Waals surface area contributed by atoms with E-state index in [1.165, 1.54) is 0 Å². The van der Waals surface area contributed by atoms with Gasteiger partial charge in [0.2, 0.25) is 11.8 Å². The van der Waals surface area contributed by atoms with Crippen LogP contribution in [0.2, 0.25) is 0 Å². The zero-order valence-electron chi connectivity index (χ0n) is 14.7. The topological polar surface area (TPSA) is 66.6 Å². The number of likely N-dealkylation sites (tertiary alicyclic amines) is 2. The smallest absolute Gasteiger partial charge is 0.244 e. The molecule has 0 aromatic heterocycles. The van der Waals surface area contributed by atoms with E-state index in [1.807, 2.05) is 40.1 Å². The van der Waals surface area contributed by atoms with E-state index in [0.717, 1.165) is 44.5 Å². The van der Waals surface area contributed by atoms with Gasteiger partial charge in [0.25, 0.3) is 0 Å². The van der Waals surface area contributed by atoms with Crippen molar-refractivity contribution in [2.45, 2.75) is 31.7 Å². The highest BCUT2D eigenvalue weighted by atomic mass is 16.2. The number of amides is 2. The van der Waals surface area contributed by atoms with Crippen molar-refractivity contribution in [3.8, 4) is 0 Å². The summed E-state index contributed by atoms with van der Waals surface area (Å²) in [5, 5.41) is 0. The van der Waals surface area contributed by atoms with Gasteiger partial charge in [0, 0.05) is 32.6 Å². The van der Waals surface area contributed by atoms with Crippen LogP contribution in [0.3, 0.4) is 0 Å². The molecule has 2 saturated heterocycles. The highest BCUT2D eigenvalue weighted by Gasteiger charge is 2.41. The number of carbonyl (C=O) groups is 2. The van der Waals surface area contributed by atoms with Gasteiger partial charge in [-0.1, -0.05) is 36.4 Å². The first-order valence-electron chi connectivity index (χ1n) is 9.03. The summed E-state index contributed by atoms with van der Waals surface area (Å²) in [6.45, 7) is 6.58. The molecule has 3 rings (SSSR count). The molecule has 134 valence electrons.